The molecule has 1 heterocycles. The summed E-state index contributed by atoms with van der Waals surface area (Å²) in [4.78, 5) is 4.78. The van der Waals surface area contributed by atoms with Crippen molar-refractivity contribution >= 4 is 22.2 Å². The fourth-order valence-electron chi connectivity index (χ4n) is 2.96. The Morgan fingerprint density at radius 1 is 0.600 bits per heavy atom. The zero-order valence-corrected chi connectivity index (χ0v) is 13.6. The van der Waals surface area contributed by atoms with Crippen molar-refractivity contribution in [2.24, 2.45) is 0 Å². The number of hydrogen-bond donors (Lipinski definition) is 1. The summed E-state index contributed by atoms with van der Waals surface area (Å²) < 4.78 is 0. The monoisotopic (exact) mass is 323 g/mol. The maximum Gasteiger partial charge on any atom is 0.132 e. The predicted molar refractivity (Wildman–Crippen MR) is 103 cm³/mol. The van der Waals surface area contributed by atoms with Crippen LogP contribution in [0, 0.1) is 0 Å². The molecule has 2 nitrogen and oxygen atoms in total. The molecule has 0 radical (unpaired) electrons. The molecule has 120 valence electrons. The number of para-hydroxylation sites is 1. The van der Waals surface area contributed by atoms with Crippen molar-refractivity contribution in [3.63, 3.8) is 0 Å². The molecule has 25 heavy (non-hydrogen) atoms. The van der Waals surface area contributed by atoms with Gasteiger partial charge in [-0.15, -0.1) is 0 Å². The molecule has 0 atom stereocenters. The van der Waals surface area contributed by atoms with Crippen LogP contribution in [0.15, 0.2) is 97.1 Å². The van der Waals surface area contributed by atoms with Gasteiger partial charge >= 0.3 is 0 Å². The minimum absolute atomic E-state index is 0.231. The summed E-state index contributed by atoms with van der Waals surface area (Å²) in [7, 11) is 0. The lowest BCUT2D eigenvalue weighted by Crippen LogP contribution is -1.97. The molecule has 4 rings (SSSR count). The first kappa shape index (κ1) is 15.2. The van der Waals surface area contributed by atoms with E-state index >= 15 is 0 Å². The number of aromatic nitrogens is 1. The maximum atomic E-state index is 11.0. The van der Waals surface area contributed by atoms with Crippen molar-refractivity contribution < 1.29 is 5.11 Å². The summed E-state index contributed by atoms with van der Waals surface area (Å²) >= 11 is 0. The van der Waals surface area contributed by atoms with E-state index in [9.17, 15) is 5.11 Å². The van der Waals surface area contributed by atoms with Gasteiger partial charge in [0.25, 0.3) is 0 Å². The number of nitrogens with zero attached hydrogens (tertiary/aromatic N) is 1. The lowest BCUT2D eigenvalue weighted by Gasteiger charge is -2.12. The molecule has 3 aromatic carbocycles. The largest absolute Gasteiger partial charge is 0.507 e. The number of aliphatic hydroxyl groups excluding tert-OH is 1. The molecule has 0 aliphatic carbocycles. The molecule has 4 aromatic rings. The highest BCUT2D eigenvalue weighted by Crippen LogP contribution is 2.30. The van der Waals surface area contributed by atoms with Crippen LogP contribution in [0.3, 0.4) is 0 Å². The Morgan fingerprint density at radius 2 is 1.20 bits per heavy atom. The van der Waals surface area contributed by atoms with Gasteiger partial charge in [-0.3, -0.25) is 0 Å². The van der Waals surface area contributed by atoms with E-state index in [-0.39, 0.29) is 5.76 Å². The molecule has 0 bridgehead atoms. The third-order valence-electron chi connectivity index (χ3n) is 4.20. The van der Waals surface area contributed by atoms with Gasteiger partial charge in [-0.25, -0.2) is 4.98 Å². The van der Waals surface area contributed by atoms with Gasteiger partial charge in [0.15, 0.2) is 0 Å². The number of pyridine rings is 1. The number of rotatable bonds is 3. The summed E-state index contributed by atoms with van der Waals surface area (Å²) in [6, 6.07) is 31.5. The first-order chi connectivity index (χ1) is 12.3. The van der Waals surface area contributed by atoms with Crippen molar-refractivity contribution in [3.8, 4) is 0 Å². The minimum Gasteiger partial charge on any atom is -0.507 e. The second-order valence-electron chi connectivity index (χ2n) is 5.84. The van der Waals surface area contributed by atoms with Gasteiger partial charge in [0.1, 0.15) is 5.76 Å². The SMILES string of the molecule is OC(=C(c1ccccc1)c1ccc2ccccc2n1)c1ccccc1. The minimum atomic E-state index is 0.231. The molecule has 0 aliphatic rings. The molecule has 0 spiro atoms. The molecule has 1 aromatic heterocycles. The van der Waals surface area contributed by atoms with Crippen LogP contribution >= 0.6 is 0 Å². The van der Waals surface area contributed by atoms with Gasteiger partial charge in [0, 0.05) is 16.5 Å². The van der Waals surface area contributed by atoms with Crippen LogP contribution < -0.4 is 0 Å². The highest BCUT2D eigenvalue weighted by Gasteiger charge is 2.14. The van der Waals surface area contributed by atoms with E-state index in [4.69, 9.17) is 4.98 Å². The average Bonchev–Trinajstić information content (AvgIpc) is 2.69. The molecule has 0 saturated heterocycles. The van der Waals surface area contributed by atoms with Crippen LogP contribution in [-0.4, -0.2) is 10.1 Å². The van der Waals surface area contributed by atoms with E-state index in [1.54, 1.807) is 0 Å². The van der Waals surface area contributed by atoms with Crippen LogP contribution in [-0.2, 0) is 0 Å². The highest BCUT2D eigenvalue weighted by atomic mass is 16.3. The summed E-state index contributed by atoms with van der Waals surface area (Å²) in [5, 5.41) is 12.1. The van der Waals surface area contributed by atoms with E-state index in [0.717, 1.165) is 33.3 Å². The summed E-state index contributed by atoms with van der Waals surface area (Å²) in [6.45, 7) is 0. The predicted octanol–water partition coefficient (Wildman–Crippen LogP) is 5.71. The Balaban J connectivity index is 1.97. The topological polar surface area (TPSA) is 33.1 Å². The normalized spacial score (nSPS) is 12.0. The summed E-state index contributed by atoms with van der Waals surface area (Å²) in [5.74, 6) is 0.231. The Kier molecular flexibility index (Phi) is 4.01. The maximum absolute atomic E-state index is 11.0. The van der Waals surface area contributed by atoms with Gasteiger partial charge in [0.2, 0.25) is 0 Å². The summed E-state index contributed by atoms with van der Waals surface area (Å²) in [5.41, 5.74) is 4.11. The van der Waals surface area contributed by atoms with Crippen LogP contribution in [0.4, 0.5) is 0 Å². The number of fused-ring (bicyclic) bond motifs is 1. The Bertz CT molecular complexity index is 1040. The van der Waals surface area contributed by atoms with Gasteiger partial charge in [-0.2, -0.15) is 0 Å². The Labute approximate surface area is 146 Å². The van der Waals surface area contributed by atoms with Crippen molar-refractivity contribution in [2.75, 3.05) is 0 Å². The molecule has 2 heteroatoms. The molecular weight excluding hydrogens is 306 g/mol. The molecule has 1 N–H and O–H groups in total. The average molecular weight is 323 g/mol. The number of aliphatic hydroxyl groups is 1. The molecule has 0 aliphatic heterocycles. The zero-order chi connectivity index (χ0) is 17.1. The molecule has 0 fully saturated rings. The zero-order valence-electron chi connectivity index (χ0n) is 13.6. The van der Waals surface area contributed by atoms with Crippen molar-refractivity contribution in [1.29, 1.82) is 0 Å². The highest BCUT2D eigenvalue weighted by molar-refractivity contribution is 5.95. The van der Waals surface area contributed by atoms with Crippen LogP contribution in [0.2, 0.25) is 0 Å². The molecular formula is C23H17NO. The van der Waals surface area contributed by atoms with Crippen LogP contribution in [0.25, 0.3) is 22.2 Å². The third-order valence-corrected chi connectivity index (χ3v) is 4.20. The molecule has 0 saturated carbocycles. The van der Waals surface area contributed by atoms with E-state index in [1.165, 1.54) is 0 Å². The van der Waals surface area contributed by atoms with Gasteiger partial charge in [0.05, 0.1) is 11.2 Å². The second-order valence-corrected chi connectivity index (χ2v) is 5.84. The van der Waals surface area contributed by atoms with E-state index in [2.05, 4.69) is 0 Å². The van der Waals surface area contributed by atoms with Crippen molar-refractivity contribution in [3.05, 3.63) is 114 Å². The van der Waals surface area contributed by atoms with E-state index < -0.39 is 0 Å². The number of hydrogen-bond acceptors (Lipinski definition) is 2. The van der Waals surface area contributed by atoms with Crippen molar-refractivity contribution in [1.82, 2.24) is 4.98 Å². The van der Waals surface area contributed by atoms with Crippen LogP contribution in [0.5, 0.6) is 0 Å². The number of benzene rings is 3. The van der Waals surface area contributed by atoms with E-state index in [0.29, 0.717) is 0 Å². The first-order valence-electron chi connectivity index (χ1n) is 8.23. The second kappa shape index (κ2) is 6.62. The molecule has 0 amide bonds. The lowest BCUT2D eigenvalue weighted by atomic mass is 9.97. The lowest BCUT2D eigenvalue weighted by molar-refractivity contribution is 0.513. The smallest absolute Gasteiger partial charge is 0.132 e. The molecule has 0 unspecified atom stereocenters. The van der Waals surface area contributed by atoms with Crippen molar-refractivity contribution in [2.45, 2.75) is 0 Å². The quantitative estimate of drug-likeness (QED) is 0.387. The standard InChI is InChI=1S/C23H17NO/c25-23(19-12-5-2-6-13-19)22(18-10-3-1-4-11-18)21-16-15-17-9-7-8-14-20(17)24-21/h1-16,25H. The Morgan fingerprint density at radius 3 is 1.92 bits per heavy atom. The van der Waals surface area contributed by atoms with E-state index in [1.807, 2.05) is 97.1 Å². The fourth-order valence-corrected chi connectivity index (χ4v) is 2.96. The fraction of sp³-hybridized carbons (Fsp3) is 0. The third kappa shape index (κ3) is 3.02. The van der Waals surface area contributed by atoms with Gasteiger partial charge < -0.3 is 5.11 Å². The summed E-state index contributed by atoms with van der Waals surface area (Å²) in [6.07, 6.45) is 0. The van der Waals surface area contributed by atoms with Gasteiger partial charge in [-0.1, -0.05) is 84.9 Å². The van der Waals surface area contributed by atoms with Crippen LogP contribution in [0.1, 0.15) is 16.8 Å². The van der Waals surface area contributed by atoms with Gasteiger partial charge in [-0.05, 0) is 17.7 Å². The Hall–Kier alpha value is -3.39. The first-order valence-corrected chi connectivity index (χ1v) is 8.23.